The molecule has 0 saturated heterocycles. The molecule has 1 atom stereocenters. The van der Waals surface area contributed by atoms with Crippen molar-refractivity contribution in [3.8, 4) is 0 Å². The molecular weight excluding hydrogens is 152 g/mol. The van der Waals surface area contributed by atoms with Crippen molar-refractivity contribution in [2.24, 2.45) is 0 Å². The van der Waals surface area contributed by atoms with E-state index in [1.807, 2.05) is 0 Å². The number of aliphatic hydroxyl groups is 1. The summed E-state index contributed by atoms with van der Waals surface area (Å²) in [7, 11) is 0. The van der Waals surface area contributed by atoms with E-state index in [4.69, 9.17) is 5.11 Å². The van der Waals surface area contributed by atoms with Crippen LogP contribution < -0.4 is 5.11 Å². The summed E-state index contributed by atoms with van der Waals surface area (Å²) < 4.78 is 4.38. The van der Waals surface area contributed by atoms with Gasteiger partial charge in [-0.25, -0.2) is 4.79 Å². The SMILES string of the molecule is O=C([O-])C[C@@H]1OC(=O)C=C1O. The van der Waals surface area contributed by atoms with E-state index in [9.17, 15) is 14.7 Å². The largest absolute Gasteiger partial charge is 0.550 e. The lowest BCUT2D eigenvalue weighted by Crippen LogP contribution is -2.28. The van der Waals surface area contributed by atoms with Gasteiger partial charge in [-0.15, -0.1) is 0 Å². The summed E-state index contributed by atoms with van der Waals surface area (Å²) in [6, 6.07) is 0. The maximum absolute atomic E-state index is 10.4. The van der Waals surface area contributed by atoms with Gasteiger partial charge in [0.05, 0.1) is 6.08 Å². The van der Waals surface area contributed by atoms with Crippen LogP contribution in [0.15, 0.2) is 11.8 Å². The summed E-state index contributed by atoms with van der Waals surface area (Å²) in [5, 5.41) is 18.8. The number of ether oxygens (including phenoxy) is 1. The normalized spacial score (nSPS) is 22.7. The van der Waals surface area contributed by atoms with Gasteiger partial charge in [0.1, 0.15) is 5.76 Å². The van der Waals surface area contributed by atoms with Crippen LogP contribution in [-0.4, -0.2) is 23.1 Å². The Hall–Kier alpha value is -1.52. The Labute approximate surface area is 61.9 Å². The first-order chi connectivity index (χ1) is 5.09. The minimum atomic E-state index is -1.37. The lowest BCUT2D eigenvalue weighted by atomic mass is 10.2. The predicted molar refractivity (Wildman–Crippen MR) is 30.2 cm³/mol. The lowest BCUT2D eigenvalue weighted by molar-refractivity contribution is -0.307. The Morgan fingerprint density at radius 3 is 2.82 bits per heavy atom. The van der Waals surface area contributed by atoms with Gasteiger partial charge in [-0.1, -0.05) is 0 Å². The molecule has 0 fully saturated rings. The molecule has 0 aromatic rings. The molecule has 0 amide bonds. The van der Waals surface area contributed by atoms with Crippen LogP contribution in [0.25, 0.3) is 0 Å². The summed E-state index contributed by atoms with van der Waals surface area (Å²) >= 11 is 0. The number of cyclic esters (lactones) is 1. The Morgan fingerprint density at radius 2 is 2.45 bits per heavy atom. The average Bonchev–Trinajstić information content (AvgIpc) is 2.09. The smallest absolute Gasteiger partial charge is 0.335 e. The number of hydrogen-bond acceptors (Lipinski definition) is 5. The van der Waals surface area contributed by atoms with Gasteiger partial charge < -0.3 is 19.7 Å². The molecule has 5 heteroatoms. The quantitative estimate of drug-likeness (QED) is 0.492. The first kappa shape index (κ1) is 7.59. The fraction of sp³-hybridized carbons (Fsp3) is 0.333. The van der Waals surface area contributed by atoms with E-state index in [-0.39, 0.29) is 5.76 Å². The number of carboxylic acid groups (broad SMARTS) is 1. The third-order valence-corrected chi connectivity index (χ3v) is 1.21. The van der Waals surface area contributed by atoms with Gasteiger partial charge in [0.15, 0.2) is 6.10 Å². The van der Waals surface area contributed by atoms with Crippen molar-refractivity contribution in [3.63, 3.8) is 0 Å². The number of carbonyl (C=O) groups excluding carboxylic acids is 2. The standard InChI is InChI=1S/C6H6O5/c7-3-1-6(10)11-4(3)2-5(8)9/h1,4,7H,2H2,(H,8,9)/p-1/t4-/m0/s1. The molecule has 1 aliphatic heterocycles. The number of carbonyl (C=O) groups is 2. The topological polar surface area (TPSA) is 86.7 Å². The van der Waals surface area contributed by atoms with Crippen molar-refractivity contribution in [2.75, 3.05) is 0 Å². The Kier molecular flexibility index (Phi) is 1.80. The molecule has 1 rings (SSSR count). The van der Waals surface area contributed by atoms with Crippen LogP contribution in [0, 0.1) is 0 Å². The molecule has 0 radical (unpaired) electrons. The molecule has 0 spiro atoms. The minimum absolute atomic E-state index is 0.362. The second kappa shape index (κ2) is 2.61. The van der Waals surface area contributed by atoms with Crippen molar-refractivity contribution in [2.45, 2.75) is 12.5 Å². The van der Waals surface area contributed by atoms with Crippen molar-refractivity contribution in [3.05, 3.63) is 11.8 Å². The van der Waals surface area contributed by atoms with Gasteiger partial charge in [0.25, 0.3) is 0 Å². The number of aliphatic hydroxyl groups excluding tert-OH is 1. The highest BCUT2D eigenvalue weighted by molar-refractivity contribution is 5.85. The zero-order valence-electron chi connectivity index (χ0n) is 5.44. The number of esters is 1. The molecular formula is C6H5O5-. The van der Waals surface area contributed by atoms with Crippen LogP contribution in [0.2, 0.25) is 0 Å². The number of hydrogen-bond donors (Lipinski definition) is 1. The molecule has 1 aliphatic rings. The fourth-order valence-corrected chi connectivity index (χ4v) is 0.746. The van der Waals surface area contributed by atoms with E-state index >= 15 is 0 Å². The highest BCUT2D eigenvalue weighted by Gasteiger charge is 2.25. The molecule has 0 bridgehead atoms. The zero-order chi connectivity index (χ0) is 8.43. The third kappa shape index (κ3) is 1.70. The summed E-state index contributed by atoms with van der Waals surface area (Å²) in [5.74, 6) is -2.46. The van der Waals surface area contributed by atoms with E-state index < -0.39 is 24.5 Å². The molecule has 0 aliphatic carbocycles. The van der Waals surface area contributed by atoms with Crippen LogP contribution in [0.1, 0.15) is 6.42 Å². The second-order valence-electron chi connectivity index (χ2n) is 2.07. The molecule has 1 N–H and O–H groups in total. The van der Waals surface area contributed by atoms with Crippen molar-refractivity contribution >= 4 is 11.9 Å². The lowest BCUT2D eigenvalue weighted by Gasteiger charge is -2.09. The van der Waals surface area contributed by atoms with Crippen molar-refractivity contribution < 1.29 is 24.5 Å². The van der Waals surface area contributed by atoms with Crippen molar-refractivity contribution in [1.82, 2.24) is 0 Å². The van der Waals surface area contributed by atoms with E-state index in [0.717, 1.165) is 6.08 Å². The first-order valence-corrected chi connectivity index (χ1v) is 2.90. The van der Waals surface area contributed by atoms with Gasteiger partial charge in [0, 0.05) is 12.4 Å². The van der Waals surface area contributed by atoms with Crippen LogP contribution in [-0.2, 0) is 14.3 Å². The molecule has 1 heterocycles. The third-order valence-electron chi connectivity index (χ3n) is 1.21. The van der Waals surface area contributed by atoms with E-state index in [1.165, 1.54) is 0 Å². The van der Waals surface area contributed by atoms with Crippen LogP contribution in [0.5, 0.6) is 0 Å². The minimum Gasteiger partial charge on any atom is -0.550 e. The van der Waals surface area contributed by atoms with Crippen molar-refractivity contribution in [1.29, 1.82) is 0 Å². The number of rotatable bonds is 2. The zero-order valence-corrected chi connectivity index (χ0v) is 5.44. The summed E-state index contributed by atoms with van der Waals surface area (Å²) in [6.45, 7) is 0. The van der Waals surface area contributed by atoms with Gasteiger partial charge in [-0.2, -0.15) is 0 Å². The van der Waals surface area contributed by atoms with E-state index in [0.29, 0.717) is 0 Å². The maximum Gasteiger partial charge on any atom is 0.335 e. The molecule has 11 heavy (non-hydrogen) atoms. The molecule has 5 nitrogen and oxygen atoms in total. The molecule has 0 aromatic carbocycles. The summed E-state index contributed by atoms with van der Waals surface area (Å²) in [6.07, 6.45) is -0.728. The average molecular weight is 157 g/mol. The van der Waals surface area contributed by atoms with Gasteiger partial charge in [0.2, 0.25) is 0 Å². The molecule has 0 saturated carbocycles. The Balaban J connectivity index is 2.57. The first-order valence-electron chi connectivity index (χ1n) is 2.90. The van der Waals surface area contributed by atoms with E-state index in [2.05, 4.69) is 4.74 Å². The summed E-state index contributed by atoms with van der Waals surface area (Å²) in [5.41, 5.74) is 0. The molecule has 0 aromatic heterocycles. The second-order valence-corrected chi connectivity index (χ2v) is 2.07. The maximum atomic E-state index is 10.4. The molecule has 0 unspecified atom stereocenters. The van der Waals surface area contributed by atoms with Gasteiger partial charge in [-0.3, -0.25) is 0 Å². The molecule has 60 valence electrons. The predicted octanol–water partition coefficient (Wildman–Crippen LogP) is -1.51. The number of aliphatic carboxylic acids is 1. The van der Waals surface area contributed by atoms with Crippen LogP contribution in [0.4, 0.5) is 0 Å². The summed E-state index contributed by atoms with van der Waals surface area (Å²) in [4.78, 5) is 20.3. The Bertz CT molecular complexity index is 229. The monoisotopic (exact) mass is 157 g/mol. The van der Waals surface area contributed by atoms with Gasteiger partial charge >= 0.3 is 5.97 Å². The highest BCUT2D eigenvalue weighted by atomic mass is 16.6. The number of carboxylic acids is 1. The van der Waals surface area contributed by atoms with Gasteiger partial charge in [-0.05, 0) is 0 Å². The van der Waals surface area contributed by atoms with Crippen LogP contribution in [0.3, 0.4) is 0 Å². The highest BCUT2D eigenvalue weighted by Crippen LogP contribution is 2.14. The fourth-order valence-electron chi connectivity index (χ4n) is 0.746. The Morgan fingerprint density at radius 1 is 1.82 bits per heavy atom. The van der Waals surface area contributed by atoms with Crippen LogP contribution >= 0.6 is 0 Å². The van der Waals surface area contributed by atoms with E-state index in [1.54, 1.807) is 0 Å².